The number of carbonyl (C=O) groups is 3. The van der Waals surface area contributed by atoms with Crippen molar-refractivity contribution in [3.05, 3.63) is 58.3 Å². The van der Waals surface area contributed by atoms with E-state index in [1.807, 2.05) is 0 Å². The molecule has 34 heavy (non-hydrogen) atoms. The highest BCUT2D eigenvalue weighted by atomic mass is 35.5. The molecule has 0 unspecified atom stereocenters. The minimum Gasteiger partial charge on any atom is -0.350 e. The van der Waals surface area contributed by atoms with Crippen molar-refractivity contribution in [3.63, 3.8) is 0 Å². The molecule has 178 valence electrons. The van der Waals surface area contributed by atoms with Gasteiger partial charge in [0, 0.05) is 36.5 Å². The molecule has 11 heteroatoms. The number of aromatic nitrogens is 3. The van der Waals surface area contributed by atoms with E-state index in [0.29, 0.717) is 16.6 Å². The second-order valence-electron chi connectivity index (χ2n) is 8.23. The Bertz CT molecular complexity index is 1300. The van der Waals surface area contributed by atoms with E-state index in [9.17, 15) is 23.2 Å². The Morgan fingerprint density at radius 1 is 1.29 bits per heavy atom. The lowest BCUT2D eigenvalue weighted by Crippen LogP contribution is -2.46. The summed E-state index contributed by atoms with van der Waals surface area (Å²) in [6, 6.07) is 5.07. The van der Waals surface area contributed by atoms with Gasteiger partial charge in [0.05, 0.1) is 23.3 Å². The number of fused-ring (bicyclic) bond motifs is 1. The molecule has 1 aliphatic heterocycles. The molecule has 2 amide bonds. The van der Waals surface area contributed by atoms with E-state index in [4.69, 9.17) is 11.6 Å². The van der Waals surface area contributed by atoms with Crippen LogP contribution >= 0.6 is 11.6 Å². The average molecular weight is 490 g/mol. The molecule has 8 nitrogen and oxygen atoms in total. The number of nitrogens with zero attached hydrogens (tertiary/aromatic N) is 4. The maximum absolute atomic E-state index is 14.2. The van der Waals surface area contributed by atoms with Gasteiger partial charge < -0.3 is 10.2 Å². The molecule has 3 aromatic rings. The second-order valence-corrected chi connectivity index (χ2v) is 8.64. The first-order valence-electron chi connectivity index (χ1n) is 10.6. The molecule has 0 aliphatic carbocycles. The van der Waals surface area contributed by atoms with Crippen molar-refractivity contribution < 1.29 is 23.2 Å². The zero-order valence-electron chi connectivity index (χ0n) is 18.5. The van der Waals surface area contributed by atoms with Crippen LogP contribution in [0.3, 0.4) is 0 Å². The van der Waals surface area contributed by atoms with Gasteiger partial charge in [0.1, 0.15) is 30.3 Å². The predicted octanol–water partition coefficient (Wildman–Crippen LogP) is 2.99. The number of Topliss-reactive ketones (excluding diaryl/α,β-unsaturated/α-hetero) is 1. The number of pyridine rings is 1. The third-order valence-corrected chi connectivity index (χ3v) is 6.04. The smallest absolute Gasteiger partial charge is 0.245 e. The molecule has 2 atom stereocenters. The highest BCUT2D eigenvalue weighted by molar-refractivity contribution is 6.30. The first-order valence-corrected chi connectivity index (χ1v) is 11.0. The number of rotatable bonds is 6. The van der Waals surface area contributed by atoms with Crippen LogP contribution in [0.5, 0.6) is 0 Å². The molecule has 1 saturated heterocycles. The number of alkyl halides is 1. The third kappa shape index (κ3) is 4.63. The van der Waals surface area contributed by atoms with Crippen molar-refractivity contribution in [2.75, 3.05) is 6.54 Å². The Labute approximate surface area is 198 Å². The molecule has 1 fully saturated rings. The molecule has 0 spiro atoms. The van der Waals surface area contributed by atoms with Crippen molar-refractivity contribution in [2.24, 2.45) is 0 Å². The topological polar surface area (TPSA) is 97.2 Å². The van der Waals surface area contributed by atoms with Crippen LogP contribution in [0, 0.1) is 12.7 Å². The summed E-state index contributed by atoms with van der Waals surface area (Å²) in [7, 11) is 0. The molecule has 1 aliphatic rings. The molecule has 0 radical (unpaired) electrons. The van der Waals surface area contributed by atoms with Crippen molar-refractivity contribution in [1.82, 2.24) is 25.0 Å². The zero-order valence-corrected chi connectivity index (χ0v) is 19.3. The molecule has 2 aromatic heterocycles. The fraction of sp³-hybridized carbons (Fsp3) is 0.348. The van der Waals surface area contributed by atoms with Crippen LogP contribution in [-0.2, 0) is 22.7 Å². The first kappa shape index (κ1) is 23.7. The van der Waals surface area contributed by atoms with Gasteiger partial charge in [-0.15, -0.1) is 0 Å². The van der Waals surface area contributed by atoms with E-state index >= 15 is 0 Å². The van der Waals surface area contributed by atoms with Gasteiger partial charge >= 0.3 is 0 Å². The Hall–Kier alpha value is -3.40. The Balaban J connectivity index is 1.51. The van der Waals surface area contributed by atoms with Gasteiger partial charge in [-0.2, -0.15) is 5.10 Å². The van der Waals surface area contributed by atoms with Gasteiger partial charge in [-0.3, -0.25) is 24.0 Å². The van der Waals surface area contributed by atoms with E-state index in [-0.39, 0.29) is 48.1 Å². The Kier molecular flexibility index (Phi) is 6.60. The van der Waals surface area contributed by atoms with Gasteiger partial charge in [0.25, 0.3) is 0 Å². The average Bonchev–Trinajstić information content (AvgIpc) is 3.35. The summed E-state index contributed by atoms with van der Waals surface area (Å²) < 4.78 is 29.7. The van der Waals surface area contributed by atoms with Gasteiger partial charge in [-0.05, 0) is 19.1 Å². The standard InChI is InChI=1S/C23H22ClF2N5O3/c1-12-6-16-19(9-27-12)31(29-22(16)13(2)32)11-20(33)30-10-15(25)7-18(30)23(34)28-8-14-4-3-5-17(24)21(14)26/h3-6,9,15,18H,7-8,10-11H2,1-2H3,(H,28,34)/t15-,18+/m1/s1. The number of amides is 2. The number of nitrogens with one attached hydrogen (secondary N) is 1. The Morgan fingerprint density at radius 2 is 2.06 bits per heavy atom. The van der Waals surface area contributed by atoms with E-state index in [2.05, 4.69) is 15.4 Å². The Morgan fingerprint density at radius 3 is 2.79 bits per heavy atom. The lowest BCUT2D eigenvalue weighted by molar-refractivity contribution is -0.139. The van der Waals surface area contributed by atoms with Crippen LogP contribution in [0.2, 0.25) is 5.02 Å². The van der Waals surface area contributed by atoms with E-state index in [0.717, 1.165) is 4.90 Å². The van der Waals surface area contributed by atoms with Crippen LogP contribution in [0.4, 0.5) is 8.78 Å². The molecular weight excluding hydrogens is 468 g/mol. The number of ketones is 1. The zero-order chi connectivity index (χ0) is 24.6. The van der Waals surface area contributed by atoms with Crippen LogP contribution < -0.4 is 5.32 Å². The number of likely N-dealkylation sites (tertiary alicyclic amines) is 1. The van der Waals surface area contributed by atoms with Crippen LogP contribution in [-0.4, -0.2) is 56.0 Å². The van der Waals surface area contributed by atoms with Gasteiger partial charge in [-0.1, -0.05) is 23.7 Å². The van der Waals surface area contributed by atoms with Crippen LogP contribution in [0.1, 0.15) is 35.1 Å². The fourth-order valence-corrected chi connectivity index (χ4v) is 4.26. The minimum absolute atomic E-state index is 0.0747. The predicted molar refractivity (Wildman–Crippen MR) is 121 cm³/mol. The van der Waals surface area contributed by atoms with Crippen LogP contribution in [0.25, 0.3) is 10.9 Å². The molecule has 1 N–H and O–H groups in total. The molecule has 1 aromatic carbocycles. The quantitative estimate of drug-likeness (QED) is 0.537. The second kappa shape index (κ2) is 9.46. The number of hydrogen-bond donors (Lipinski definition) is 1. The lowest BCUT2D eigenvalue weighted by Gasteiger charge is -2.23. The molecule has 4 rings (SSSR count). The third-order valence-electron chi connectivity index (χ3n) is 5.75. The summed E-state index contributed by atoms with van der Waals surface area (Å²) in [6.45, 7) is 2.45. The summed E-state index contributed by atoms with van der Waals surface area (Å²) in [5.74, 6) is -2.05. The maximum atomic E-state index is 14.2. The highest BCUT2D eigenvalue weighted by Gasteiger charge is 2.40. The maximum Gasteiger partial charge on any atom is 0.245 e. The summed E-state index contributed by atoms with van der Waals surface area (Å²) in [6.07, 6.45) is -0.0353. The van der Waals surface area contributed by atoms with Crippen molar-refractivity contribution in [1.29, 1.82) is 0 Å². The van der Waals surface area contributed by atoms with Crippen molar-refractivity contribution in [3.8, 4) is 0 Å². The van der Waals surface area contributed by atoms with Gasteiger partial charge in [0.2, 0.25) is 11.8 Å². The van der Waals surface area contributed by atoms with E-state index < -0.39 is 29.8 Å². The van der Waals surface area contributed by atoms with Gasteiger partial charge in [-0.25, -0.2) is 8.78 Å². The summed E-state index contributed by atoms with van der Waals surface area (Å²) in [4.78, 5) is 43.2. The molecule has 0 saturated carbocycles. The number of benzene rings is 1. The minimum atomic E-state index is -1.38. The van der Waals surface area contributed by atoms with Crippen LogP contribution in [0.15, 0.2) is 30.5 Å². The summed E-state index contributed by atoms with van der Waals surface area (Å²) in [5, 5.41) is 7.30. The summed E-state index contributed by atoms with van der Waals surface area (Å²) in [5.41, 5.74) is 1.55. The SMILES string of the molecule is CC(=O)c1nn(CC(=O)N2C[C@H](F)C[C@H]2C(=O)NCc2cccc(Cl)c2F)c2cnc(C)cc12. The fourth-order valence-electron chi connectivity index (χ4n) is 4.07. The van der Waals surface area contributed by atoms with Gasteiger partial charge in [0.15, 0.2) is 5.78 Å². The molecular formula is C23H22ClF2N5O3. The molecule has 0 bridgehead atoms. The van der Waals surface area contributed by atoms with E-state index in [1.165, 1.54) is 29.9 Å². The normalized spacial score (nSPS) is 17.9. The monoisotopic (exact) mass is 489 g/mol. The number of hydrogen-bond acceptors (Lipinski definition) is 5. The first-order chi connectivity index (χ1) is 16.2. The largest absolute Gasteiger partial charge is 0.350 e. The number of carbonyl (C=O) groups excluding carboxylic acids is 3. The van der Waals surface area contributed by atoms with Crippen molar-refractivity contribution >= 4 is 40.1 Å². The van der Waals surface area contributed by atoms with E-state index in [1.54, 1.807) is 19.1 Å². The lowest BCUT2D eigenvalue weighted by atomic mass is 10.1. The highest BCUT2D eigenvalue weighted by Crippen LogP contribution is 2.24. The summed E-state index contributed by atoms with van der Waals surface area (Å²) >= 11 is 5.76. The number of halogens is 3. The number of aryl methyl sites for hydroxylation is 1. The molecule has 3 heterocycles. The van der Waals surface area contributed by atoms with Crippen molar-refractivity contribution in [2.45, 2.75) is 45.6 Å².